The Morgan fingerprint density at radius 2 is 1.00 bits per heavy atom. The molecule has 0 saturated carbocycles. The molecule has 0 aromatic rings. The van der Waals surface area contributed by atoms with Gasteiger partial charge in [0.25, 0.3) is 0 Å². The Bertz CT molecular complexity index is 286. The van der Waals surface area contributed by atoms with Gasteiger partial charge in [-0.25, -0.2) is 14.4 Å². The van der Waals surface area contributed by atoms with E-state index < -0.39 is 54.5 Å². The summed E-state index contributed by atoms with van der Waals surface area (Å²) in [6, 6.07) is 0. The number of carbonyl (C=O) groups excluding carboxylic acids is 1. The molecule has 0 aliphatic carbocycles. The molecule has 0 heterocycles. The number of aliphatic carboxylic acids is 4. The summed E-state index contributed by atoms with van der Waals surface area (Å²) in [4.78, 5) is 42.1. The maximum Gasteiger partial charge on any atom is 0.359 e. The number of carbonyl (C=O) groups is 4. The highest BCUT2D eigenvalue weighted by Crippen LogP contribution is 2.06. The lowest BCUT2D eigenvalue weighted by Crippen LogP contribution is -2.60. The molecule has 0 fully saturated rings. The van der Waals surface area contributed by atoms with Crippen LogP contribution in [-0.2, 0) is 19.2 Å². The molecule has 0 aliphatic rings. The second-order valence-electron chi connectivity index (χ2n) is 3.53. The van der Waals surface area contributed by atoms with Gasteiger partial charge in [-0.15, -0.1) is 0 Å². The molecule has 0 atom stereocenters. The van der Waals surface area contributed by atoms with Crippen molar-refractivity contribution < 1.29 is 44.1 Å². The fourth-order valence-corrected chi connectivity index (χ4v) is 1.47. The highest BCUT2D eigenvalue weighted by molar-refractivity contribution is 5.74. The van der Waals surface area contributed by atoms with Crippen molar-refractivity contribution in [2.75, 3.05) is 26.2 Å². The SMILES string of the molecule is N.N.O=C([O-])C[N+](CC(=O)O)(CC(=O)O)CC(=O)O. The molecule has 0 aromatic heterocycles. The summed E-state index contributed by atoms with van der Waals surface area (Å²) in [6.07, 6.45) is 0. The molecule has 11 heteroatoms. The highest BCUT2D eigenvalue weighted by atomic mass is 16.4. The molecular weight excluding hydrogens is 266 g/mol. The summed E-state index contributed by atoms with van der Waals surface area (Å²) in [6.45, 7) is -3.77. The summed E-state index contributed by atoms with van der Waals surface area (Å²) in [5.41, 5.74) is 0. The quantitative estimate of drug-likeness (QED) is 0.286. The Labute approximate surface area is 107 Å². The number of hydrogen-bond acceptors (Lipinski definition) is 7. The third-order valence-electron chi connectivity index (χ3n) is 1.88. The zero-order valence-electron chi connectivity index (χ0n) is 10.1. The summed E-state index contributed by atoms with van der Waals surface area (Å²) in [7, 11) is 0. The number of hydrogen-bond donors (Lipinski definition) is 5. The first-order chi connectivity index (χ1) is 7.67. The molecule has 0 amide bonds. The molecule has 0 aliphatic heterocycles. The topological polar surface area (TPSA) is 222 Å². The lowest BCUT2D eigenvalue weighted by atomic mass is 10.3. The molecular formula is C8H17N3O8. The first-order valence-corrected chi connectivity index (χ1v) is 4.37. The van der Waals surface area contributed by atoms with E-state index in [-0.39, 0.29) is 12.3 Å². The van der Waals surface area contributed by atoms with Gasteiger partial charge in [0.15, 0.2) is 19.6 Å². The van der Waals surface area contributed by atoms with Gasteiger partial charge < -0.3 is 37.5 Å². The van der Waals surface area contributed by atoms with E-state index in [1.165, 1.54) is 0 Å². The minimum Gasteiger partial charge on any atom is -0.544 e. The Kier molecular flexibility index (Phi) is 10.2. The van der Waals surface area contributed by atoms with Crippen LogP contribution in [0.15, 0.2) is 0 Å². The monoisotopic (exact) mass is 283 g/mol. The van der Waals surface area contributed by atoms with Crippen LogP contribution in [0.1, 0.15) is 0 Å². The maximum atomic E-state index is 10.5. The van der Waals surface area contributed by atoms with Gasteiger partial charge >= 0.3 is 17.9 Å². The summed E-state index contributed by atoms with van der Waals surface area (Å²) < 4.78 is -1.14. The minimum absolute atomic E-state index is 0. The van der Waals surface area contributed by atoms with E-state index >= 15 is 0 Å². The molecule has 0 spiro atoms. The minimum atomic E-state index is -1.71. The lowest BCUT2D eigenvalue weighted by Gasteiger charge is -2.34. The van der Waals surface area contributed by atoms with Gasteiger partial charge in [-0.3, -0.25) is 4.48 Å². The van der Waals surface area contributed by atoms with Crippen molar-refractivity contribution in [1.29, 1.82) is 0 Å². The number of quaternary nitrogens is 1. The van der Waals surface area contributed by atoms with Crippen molar-refractivity contribution >= 4 is 23.9 Å². The van der Waals surface area contributed by atoms with Crippen LogP contribution in [0.4, 0.5) is 0 Å². The Hall–Kier alpha value is -2.24. The van der Waals surface area contributed by atoms with Gasteiger partial charge in [0.05, 0.1) is 5.97 Å². The van der Waals surface area contributed by atoms with Crippen LogP contribution in [0.2, 0.25) is 0 Å². The predicted octanol–water partition coefficient (Wildman–Crippen LogP) is -2.87. The van der Waals surface area contributed by atoms with Gasteiger partial charge in [0.2, 0.25) is 0 Å². The van der Waals surface area contributed by atoms with Crippen LogP contribution >= 0.6 is 0 Å². The Balaban J connectivity index is -0.00000128. The summed E-state index contributed by atoms with van der Waals surface area (Å²) in [5.74, 6) is -6.19. The van der Waals surface area contributed by atoms with E-state index in [4.69, 9.17) is 15.3 Å². The van der Waals surface area contributed by atoms with Crippen molar-refractivity contribution in [2.45, 2.75) is 0 Å². The van der Waals surface area contributed by atoms with Crippen LogP contribution in [0.3, 0.4) is 0 Å². The van der Waals surface area contributed by atoms with Crippen LogP contribution in [-0.4, -0.2) is 69.9 Å². The molecule has 0 rings (SSSR count). The fourth-order valence-electron chi connectivity index (χ4n) is 1.47. The van der Waals surface area contributed by atoms with Crippen LogP contribution in [0.5, 0.6) is 0 Å². The highest BCUT2D eigenvalue weighted by Gasteiger charge is 2.36. The largest absolute Gasteiger partial charge is 0.544 e. The van der Waals surface area contributed by atoms with E-state index in [2.05, 4.69) is 0 Å². The first kappa shape index (κ1) is 22.0. The Morgan fingerprint density at radius 1 is 0.737 bits per heavy atom. The molecule has 0 radical (unpaired) electrons. The van der Waals surface area contributed by atoms with Gasteiger partial charge in [-0.1, -0.05) is 0 Å². The zero-order valence-corrected chi connectivity index (χ0v) is 10.1. The van der Waals surface area contributed by atoms with E-state index in [1.807, 2.05) is 0 Å². The molecule has 19 heavy (non-hydrogen) atoms. The zero-order chi connectivity index (χ0) is 13.6. The number of carboxylic acids is 4. The van der Waals surface area contributed by atoms with Crippen LogP contribution in [0, 0.1) is 0 Å². The third kappa shape index (κ3) is 9.46. The predicted molar refractivity (Wildman–Crippen MR) is 57.7 cm³/mol. The van der Waals surface area contributed by atoms with E-state index in [1.54, 1.807) is 0 Å². The van der Waals surface area contributed by atoms with Crippen molar-refractivity contribution in [2.24, 2.45) is 0 Å². The van der Waals surface area contributed by atoms with Crippen LogP contribution in [0.25, 0.3) is 0 Å². The molecule has 0 bridgehead atoms. The van der Waals surface area contributed by atoms with Crippen molar-refractivity contribution in [1.82, 2.24) is 12.3 Å². The van der Waals surface area contributed by atoms with E-state index in [0.29, 0.717) is 0 Å². The summed E-state index contributed by atoms with van der Waals surface area (Å²) >= 11 is 0. The third-order valence-corrected chi connectivity index (χ3v) is 1.88. The second kappa shape index (κ2) is 8.79. The lowest BCUT2D eigenvalue weighted by molar-refractivity contribution is -0.902. The molecule has 0 unspecified atom stereocenters. The van der Waals surface area contributed by atoms with Gasteiger partial charge in [0.1, 0.15) is 6.54 Å². The molecule has 9 N–H and O–H groups in total. The average Bonchev–Trinajstić information content (AvgIpc) is 1.95. The summed E-state index contributed by atoms with van der Waals surface area (Å²) in [5, 5.41) is 36.2. The standard InChI is InChI=1S/C8H11NO8.2H3N/c10-5(11)1-9(2-6(12)13,3-7(14)15)4-8(16)17;;/h1-4H2,(H3-,10,11,12,13,14,15,16,17);2*1H3. The smallest absolute Gasteiger partial charge is 0.359 e. The number of carboxylic acid groups (broad SMARTS) is 4. The van der Waals surface area contributed by atoms with Gasteiger partial charge in [-0.05, 0) is 0 Å². The van der Waals surface area contributed by atoms with E-state index in [0.717, 1.165) is 0 Å². The molecule has 0 saturated heterocycles. The average molecular weight is 283 g/mol. The fraction of sp³-hybridized carbons (Fsp3) is 0.500. The van der Waals surface area contributed by atoms with Gasteiger partial charge in [0, 0.05) is 0 Å². The Morgan fingerprint density at radius 3 is 1.16 bits per heavy atom. The maximum absolute atomic E-state index is 10.5. The second-order valence-corrected chi connectivity index (χ2v) is 3.53. The van der Waals surface area contributed by atoms with E-state index in [9.17, 15) is 24.3 Å². The van der Waals surface area contributed by atoms with Gasteiger partial charge in [-0.2, -0.15) is 0 Å². The molecule has 11 nitrogen and oxygen atoms in total. The molecule has 0 aromatic carbocycles. The number of rotatable bonds is 8. The normalized spacial score (nSPS) is 9.68. The first-order valence-electron chi connectivity index (χ1n) is 4.37. The molecule has 112 valence electrons. The number of nitrogens with zero attached hydrogens (tertiary/aromatic N) is 1. The van der Waals surface area contributed by atoms with Crippen LogP contribution < -0.4 is 17.4 Å². The van der Waals surface area contributed by atoms with Crippen molar-refractivity contribution in [3.63, 3.8) is 0 Å². The van der Waals surface area contributed by atoms with Crippen molar-refractivity contribution in [3.8, 4) is 0 Å². The van der Waals surface area contributed by atoms with Crippen molar-refractivity contribution in [3.05, 3.63) is 0 Å².